The zero-order chi connectivity index (χ0) is 16.6. The molecule has 23 heavy (non-hydrogen) atoms. The molecule has 0 aliphatic rings. The van der Waals surface area contributed by atoms with Crippen LogP contribution < -0.4 is 9.46 Å². The summed E-state index contributed by atoms with van der Waals surface area (Å²) in [6.45, 7) is 3.72. The zero-order valence-electron chi connectivity index (χ0n) is 13.3. The normalized spacial score (nSPS) is 12.2. The highest BCUT2D eigenvalue weighted by Crippen LogP contribution is 2.36. The second kappa shape index (κ2) is 5.77. The number of furan rings is 1. The summed E-state index contributed by atoms with van der Waals surface area (Å²) in [7, 11) is -1.92. The van der Waals surface area contributed by atoms with Crippen molar-refractivity contribution in [1.82, 2.24) is 0 Å². The molecule has 0 aliphatic heterocycles. The molecule has 1 N–H and O–H groups in total. The van der Waals surface area contributed by atoms with Gasteiger partial charge in [-0.2, -0.15) is 0 Å². The topological polar surface area (TPSA) is 68.5 Å². The predicted octanol–water partition coefficient (Wildman–Crippen LogP) is 3.99. The van der Waals surface area contributed by atoms with Crippen LogP contribution in [-0.4, -0.2) is 21.3 Å². The fourth-order valence-electron chi connectivity index (χ4n) is 2.65. The second-order valence-corrected chi connectivity index (χ2v) is 7.69. The van der Waals surface area contributed by atoms with Crippen molar-refractivity contribution in [3.63, 3.8) is 0 Å². The van der Waals surface area contributed by atoms with Crippen LogP contribution in [0.5, 0.6) is 5.75 Å². The molecule has 3 rings (SSSR count). The van der Waals surface area contributed by atoms with Crippen LogP contribution in [-0.2, 0) is 10.0 Å². The van der Waals surface area contributed by atoms with Gasteiger partial charge in [0.15, 0.2) is 0 Å². The molecule has 6 heteroatoms. The average Bonchev–Trinajstić information content (AvgIpc) is 2.81. The third kappa shape index (κ3) is 3.12. The van der Waals surface area contributed by atoms with Crippen molar-refractivity contribution in [3.05, 3.63) is 36.4 Å². The van der Waals surface area contributed by atoms with E-state index in [0.29, 0.717) is 17.0 Å². The van der Waals surface area contributed by atoms with Crippen molar-refractivity contribution in [3.8, 4) is 5.75 Å². The summed E-state index contributed by atoms with van der Waals surface area (Å²) in [6.07, 6.45) is 0. The van der Waals surface area contributed by atoms with E-state index in [1.807, 2.05) is 38.1 Å². The summed E-state index contributed by atoms with van der Waals surface area (Å²) >= 11 is 0. The van der Waals surface area contributed by atoms with Crippen molar-refractivity contribution in [1.29, 1.82) is 0 Å². The summed E-state index contributed by atoms with van der Waals surface area (Å²) in [5.41, 5.74) is 1.76. The highest BCUT2D eigenvalue weighted by molar-refractivity contribution is 7.92. The Bertz CT molecular complexity index is 957. The van der Waals surface area contributed by atoms with E-state index in [9.17, 15) is 8.42 Å². The summed E-state index contributed by atoms with van der Waals surface area (Å²) in [5.74, 6) is 0.554. The Labute approximate surface area is 135 Å². The SMILES string of the molecule is COc1cc2c(cc1NS(=O)(=O)CC(C)C)oc1ccccc12. The Morgan fingerprint density at radius 1 is 1.13 bits per heavy atom. The van der Waals surface area contributed by atoms with Crippen LogP contribution in [0.2, 0.25) is 0 Å². The second-order valence-electron chi connectivity index (χ2n) is 5.92. The Kier molecular flexibility index (Phi) is 3.93. The summed E-state index contributed by atoms with van der Waals surface area (Å²) < 4.78 is 38.1. The number of rotatable bonds is 5. The number of anilines is 1. The number of hydrogen-bond donors (Lipinski definition) is 1. The quantitative estimate of drug-likeness (QED) is 0.766. The molecule has 2 aromatic carbocycles. The number of methoxy groups -OCH3 is 1. The average molecular weight is 333 g/mol. The lowest BCUT2D eigenvalue weighted by atomic mass is 10.1. The third-order valence-electron chi connectivity index (χ3n) is 3.52. The van der Waals surface area contributed by atoms with Gasteiger partial charge in [-0.25, -0.2) is 8.42 Å². The summed E-state index contributed by atoms with van der Waals surface area (Å²) in [4.78, 5) is 0. The molecular formula is C17H19NO4S. The Morgan fingerprint density at radius 2 is 1.87 bits per heavy atom. The lowest BCUT2D eigenvalue weighted by Crippen LogP contribution is -2.20. The predicted molar refractivity (Wildman–Crippen MR) is 92.5 cm³/mol. The molecule has 122 valence electrons. The van der Waals surface area contributed by atoms with E-state index in [1.165, 1.54) is 7.11 Å². The van der Waals surface area contributed by atoms with Gasteiger partial charge < -0.3 is 9.15 Å². The van der Waals surface area contributed by atoms with Gasteiger partial charge in [-0.1, -0.05) is 32.0 Å². The maximum Gasteiger partial charge on any atom is 0.233 e. The first-order chi connectivity index (χ1) is 10.9. The van der Waals surface area contributed by atoms with Gasteiger partial charge in [0.2, 0.25) is 10.0 Å². The maximum atomic E-state index is 12.2. The molecular weight excluding hydrogens is 314 g/mol. The number of nitrogens with one attached hydrogen (secondary N) is 1. The van der Waals surface area contributed by atoms with E-state index >= 15 is 0 Å². The smallest absolute Gasteiger partial charge is 0.233 e. The first-order valence-corrected chi connectivity index (χ1v) is 9.04. The van der Waals surface area contributed by atoms with E-state index in [4.69, 9.17) is 9.15 Å². The number of ether oxygens (including phenoxy) is 1. The third-order valence-corrected chi connectivity index (χ3v) is 5.15. The van der Waals surface area contributed by atoms with Gasteiger partial charge in [-0.3, -0.25) is 4.72 Å². The Morgan fingerprint density at radius 3 is 2.57 bits per heavy atom. The van der Waals surface area contributed by atoms with Crippen LogP contribution in [0.3, 0.4) is 0 Å². The number of para-hydroxylation sites is 1. The monoisotopic (exact) mass is 333 g/mol. The molecule has 5 nitrogen and oxygen atoms in total. The van der Waals surface area contributed by atoms with Crippen molar-refractivity contribution in [2.75, 3.05) is 17.6 Å². The molecule has 0 radical (unpaired) electrons. The van der Waals surface area contributed by atoms with Crippen molar-refractivity contribution < 1.29 is 17.6 Å². The molecule has 0 atom stereocenters. The lowest BCUT2D eigenvalue weighted by Gasteiger charge is -2.13. The summed E-state index contributed by atoms with van der Waals surface area (Å²) in [5, 5.41) is 1.86. The number of hydrogen-bond acceptors (Lipinski definition) is 4. The van der Waals surface area contributed by atoms with Crippen LogP contribution in [0, 0.1) is 5.92 Å². The van der Waals surface area contributed by atoms with Crippen molar-refractivity contribution in [2.45, 2.75) is 13.8 Å². The van der Waals surface area contributed by atoms with E-state index < -0.39 is 10.0 Å². The summed E-state index contributed by atoms with van der Waals surface area (Å²) in [6, 6.07) is 11.1. The van der Waals surface area contributed by atoms with E-state index in [2.05, 4.69) is 4.72 Å². The number of sulfonamides is 1. The van der Waals surface area contributed by atoms with Crippen LogP contribution in [0.4, 0.5) is 5.69 Å². The van der Waals surface area contributed by atoms with Crippen molar-refractivity contribution in [2.24, 2.45) is 5.92 Å². The van der Waals surface area contributed by atoms with Gasteiger partial charge in [0.05, 0.1) is 18.6 Å². The van der Waals surface area contributed by atoms with Crippen molar-refractivity contribution >= 4 is 37.6 Å². The molecule has 3 aromatic rings. The zero-order valence-corrected chi connectivity index (χ0v) is 14.1. The standard InChI is InChI=1S/C17H19NO4S/c1-11(2)10-23(19,20)18-14-9-16-13(8-17(14)21-3)12-6-4-5-7-15(12)22-16/h4-9,11,18H,10H2,1-3H3. The van der Waals surface area contributed by atoms with Crippen LogP contribution in [0.1, 0.15) is 13.8 Å². The number of fused-ring (bicyclic) bond motifs is 3. The van der Waals surface area contributed by atoms with E-state index in [1.54, 1.807) is 12.1 Å². The minimum absolute atomic E-state index is 0.0356. The first-order valence-electron chi connectivity index (χ1n) is 7.39. The lowest BCUT2D eigenvalue weighted by molar-refractivity contribution is 0.417. The van der Waals surface area contributed by atoms with Gasteiger partial charge in [0, 0.05) is 16.8 Å². The Hall–Kier alpha value is -2.21. The van der Waals surface area contributed by atoms with E-state index in [0.717, 1.165) is 16.4 Å². The largest absolute Gasteiger partial charge is 0.495 e. The fourth-order valence-corrected chi connectivity index (χ4v) is 4.10. The molecule has 0 bridgehead atoms. The van der Waals surface area contributed by atoms with Gasteiger partial charge in [0.1, 0.15) is 16.9 Å². The maximum absolute atomic E-state index is 12.2. The minimum Gasteiger partial charge on any atom is -0.495 e. The highest BCUT2D eigenvalue weighted by atomic mass is 32.2. The fraction of sp³-hybridized carbons (Fsp3) is 0.294. The molecule has 0 saturated heterocycles. The van der Waals surface area contributed by atoms with Crippen LogP contribution in [0.15, 0.2) is 40.8 Å². The minimum atomic E-state index is -3.44. The van der Waals surface area contributed by atoms with Crippen LogP contribution in [0.25, 0.3) is 21.9 Å². The highest BCUT2D eigenvalue weighted by Gasteiger charge is 2.18. The molecule has 0 saturated carbocycles. The molecule has 0 spiro atoms. The first kappa shape index (κ1) is 15.7. The molecule has 0 fully saturated rings. The molecule has 1 heterocycles. The molecule has 0 unspecified atom stereocenters. The molecule has 0 aliphatic carbocycles. The van der Waals surface area contributed by atoms with Crippen LogP contribution >= 0.6 is 0 Å². The number of benzene rings is 2. The molecule has 0 amide bonds. The Balaban J connectivity index is 2.12. The molecule has 1 aromatic heterocycles. The van der Waals surface area contributed by atoms with E-state index in [-0.39, 0.29) is 11.7 Å². The van der Waals surface area contributed by atoms with Gasteiger partial charge in [-0.15, -0.1) is 0 Å². The van der Waals surface area contributed by atoms with Gasteiger partial charge in [-0.05, 0) is 18.1 Å². The van der Waals surface area contributed by atoms with Gasteiger partial charge in [0.25, 0.3) is 0 Å². The van der Waals surface area contributed by atoms with Gasteiger partial charge >= 0.3 is 0 Å².